The molecule has 9 nitrogen and oxygen atoms in total. The number of carbonyl (C=O) groups excluding carboxylic acids is 2. The average Bonchev–Trinajstić information content (AvgIpc) is 0.820. The number of hydrogen-bond donors (Lipinski definition) is 2. The third kappa shape index (κ3) is 31.9. The molecule has 0 saturated heterocycles. The number of para-hydroxylation sites is 2. The number of rotatable bonds is 13. The first kappa shape index (κ1) is 102. The summed E-state index contributed by atoms with van der Waals surface area (Å²) < 4.78 is 0. The van der Waals surface area contributed by atoms with Gasteiger partial charge in [0.25, 0.3) is 0 Å². The van der Waals surface area contributed by atoms with Crippen LogP contribution in [0.2, 0.25) is 0 Å². The number of benzene rings is 10. The van der Waals surface area contributed by atoms with E-state index >= 15 is 0 Å². The number of allylic oxidation sites excluding steroid dienone is 4. The molecule has 0 bridgehead atoms. The van der Waals surface area contributed by atoms with E-state index in [2.05, 4.69) is 298 Å². The van der Waals surface area contributed by atoms with E-state index in [1.165, 1.54) is 134 Å². The summed E-state index contributed by atoms with van der Waals surface area (Å²) in [6.45, 7) is 31.5. The van der Waals surface area contributed by atoms with Crippen molar-refractivity contribution >= 4 is 33.4 Å². The first-order valence-electron chi connectivity index (χ1n) is 38.8. The van der Waals surface area contributed by atoms with Gasteiger partial charge in [-0.05, 0) is 165 Å². The quantitative estimate of drug-likeness (QED) is 0.0656. The van der Waals surface area contributed by atoms with Crippen LogP contribution < -0.4 is 0 Å². The van der Waals surface area contributed by atoms with Gasteiger partial charge in [0, 0.05) is 131 Å². The summed E-state index contributed by atoms with van der Waals surface area (Å²) in [7, 11) is 0. The second kappa shape index (κ2) is 51.7. The van der Waals surface area contributed by atoms with Crippen LogP contribution in [0.1, 0.15) is 117 Å². The average molecular weight is 2470 g/mol. The molecule has 2 N–H and O–H groups in total. The SMILES string of the molecule is CC(=O)C=C(C)O.CC(=O)C=C(C)O.CC(C)Cc1cccc(-c2cc[c-]c(-c3ccccn3)c2)c1.CC(C)c1ccc(-c2[c-]ccc(-c3ccccc3)c2)nc1.Cc1[c-]c(-c2ccc3ccccc3n2)c(C)cc1.Cc1cc(C)cc(-c2cc[c-]c(-c3nccc(C)c3C)c2)c1.Cc1cc[c-]c(-c2ccc3ccccc3n2)c1C.[Ir].[Ir].[Ir].[Ir].[Ir]. The van der Waals surface area contributed by atoms with E-state index in [9.17, 15) is 9.59 Å². The number of fused-ring (bicyclic) bond motifs is 2. The maximum Gasteiger partial charge on any atom is 0.155 e. The number of aliphatic hydroxyl groups excluding tert-OH is 2. The smallest absolute Gasteiger partial charge is 0.155 e. The van der Waals surface area contributed by atoms with E-state index < -0.39 is 0 Å². The van der Waals surface area contributed by atoms with Gasteiger partial charge in [0.05, 0.1) is 22.6 Å². The van der Waals surface area contributed by atoms with E-state index in [1.54, 1.807) is 0 Å². The zero-order chi connectivity index (χ0) is 82.5. The molecule has 14 heteroatoms. The topological polar surface area (TPSA) is 139 Å². The molecule has 625 valence electrons. The molecule has 0 unspecified atom stereocenters. The summed E-state index contributed by atoms with van der Waals surface area (Å²) in [5.74, 6) is 1.05. The van der Waals surface area contributed by atoms with Crippen molar-refractivity contribution in [3.05, 3.63) is 389 Å². The zero-order valence-electron chi connectivity index (χ0n) is 70.7. The van der Waals surface area contributed by atoms with Crippen molar-refractivity contribution < 1.29 is 120 Å². The number of aryl methyl sites for hydroxylation is 6. The van der Waals surface area contributed by atoms with E-state index in [1.807, 2.05) is 110 Å². The van der Waals surface area contributed by atoms with Crippen LogP contribution >= 0.6 is 0 Å². The van der Waals surface area contributed by atoms with E-state index in [-0.39, 0.29) is 124 Å². The molecular formula is C106H102Ir5N5O4-5. The van der Waals surface area contributed by atoms with Crippen molar-refractivity contribution in [1.29, 1.82) is 0 Å². The fourth-order valence-corrected chi connectivity index (χ4v) is 12.7. The summed E-state index contributed by atoms with van der Waals surface area (Å²) in [5, 5.41) is 19.1. The van der Waals surface area contributed by atoms with Crippen LogP contribution in [0, 0.1) is 91.6 Å². The summed E-state index contributed by atoms with van der Waals surface area (Å²) >= 11 is 0. The summed E-state index contributed by atoms with van der Waals surface area (Å²) in [6.07, 6.45) is 9.09. The van der Waals surface area contributed by atoms with Crippen molar-refractivity contribution in [1.82, 2.24) is 24.9 Å². The minimum atomic E-state index is -0.125. The molecule has 0 saturated carbocycles. The molecule has 0 amide bonds. The van der Waals surface area contributed by atoms with Crippen molar-refractivity contribution in [2.75, 3.05) is 0 Å². The van der Waals surface area contributed by atoms with Gasteiger partial charge >= 0.3 is 0 Å². The van der Waals surface area contributed by atoms with Crippen LogP contribution in [0.3, 0.4) is 0 Å². The number of nitrogens with zero attached hydrogens (tertiary/aromatic N) is 5. The molecular weight excluding hydrogens is 2370 g/mol. The van der Waals surface area contributed by atoms with E-state index in [4.69, 9.17) is 20.2 Å². The number of aromatic nitrogens is 5. The number of hydrogen-bond acceptors (Lipinski definition) is 9. The Balaban J connectivity index is 0.000000300. The van der Waals surface area contributed by atoms with Gasteiger partial charge in [0.1, 0.15) is 0 Å². The van der Waals surface area contributed by atoms with Gasteiger partial charge in [-0.2, -0.15) is 0 Å². The first-order chi connectivity index (χ1) is 55.2. The standard InChI is InChI=1S/2C21H20N.C20H18N.2C17H14N.2C5H8O2.5Ir/c1-14-10-15(2)12-20(11-14)18-6-5-7-19(13-18)21-17(4)16(3)8-9-22-21;1-16(2)13-17-7-5-8-18(14-17)19-9-6-10-20(15-19)21-11-3-4-12-22-21;1-15(2)19-11-12-20(21-14-19)18-10-6-9-17(13-18)16-7-4-3-5-8-16;1-12-6-5-8-15(13(12)2)17-11-10-14-7-3-4-9-16(14)18-17;1-12-7-8-13(2)15(11-12)17-10-9-14-5-3-4-6-16(14)18-17;2*1-4(6)3-5(2)7;;;;;/h5-6,8-13H,1-4H3;3-9,11-12,14-16H,13H2,1-2H3;3-9,11-15H,1-2H3;3-7,9-11H,1-2H3;3-10H,1-2H3;2*3,6H,1-2H3;;;;;/q5*-1;;;;;;;. The van der Waals surface area contributed by atoms with Gasteiger partial charge in [0.15, 0.2) is 11.6 Å². The zero-order valence-corrected chi connectivity index (χ0v) is 82.7. The minimum Gasteiger partial charge on any atom is -0.512 e. The number of pyridine rings is 5. The Morgan fingerprint density at radius 1 is 0.383 bits per heavy atom. The van der Waals surface area contributed by atoms with Gasteiger partial charge in [0.2, 0.25) is 0 Å². The Morgan fingerprint density at radius 3 is 1.39 bits per heavy atom. The third-order valence-corrected chi connectivity index (χ3v) is 18.7. The van der Waals surface area contributed by atoms with Crippen LogP contribution in [0.15, 0.2) is 303 Å². The maximum absolute atomic E-state index is 10.0. The second-order valence-corrected chi connectivity index (χ2v) is 29.4. The molecule has 5 aromatic heterocycles. The molecule has 10 aromatic carbocycles. The molecule has 120 heavy (non-hydrogen) atoms. The third-order valence-electron chi connectivity index (χ3n) is 18.7. The Bertz CT molecular complexity index is 5700. The largest absolute Gasteiger partial charge is 0.512 e. The van der Waals surface area contributed by atoms with Gasteiger partial charge in [-0.3, -0.25) is 19.6 Å². The summed E-state index contributed by atoms with van der Waals surface area (Å²) in [5.41, 5.74) is 32.2. The Kier molecular flexibility index (Phi) is 44.1. The monoisotopic (exact) mass is 2470 g/mol. The second-order valence-electron chi connectivity index (χ2n) is 29.4. The van der Waals surface area contributed by atoms with Crippen molar-refractivity contribution in [2.24, 2.45) is 5.92 Å². The molecule has 0 fully saturated rings. The van der Waals surface area contributed by atoms with Crippen molar-refractivity contribution in [3.8, 4) is 89.7 Å². The summed E-state index contributed by atoms with van der Waals surface area (Å²) in [4.78, 5) is 43.0. The summed E-state index contributed by atoms with van der Waals surface area (Å²) in [6, 6.07) is 106. The Hall–Kier alpha value is -9.86. The minimum absolute atomic E-state index is 0. The predicted molar refractivity (Wildman–Crippen MR) is 479 cm³/mol. The van der Waals surface area contributed by atoms with Crippen molar-refractivity contribution in [2.45, 2.75) is 123 Å². The number of carbonyl (C=O) groups is 2. The van der Waals surface area contributed by atoms with Gasteiger partial charge in [-0.25, -0.2) is 0 Å². The Morgan fingerprint density at radius 2 is 0.867 bits per heavy atom. The van der Waals surface area contributed by atoms with Crippen LogP contribution in [-0.4, -0.2) is 46.7 Å². The fourth-order valence-electron chi connectivity index (χ4n) is 12.7. The molecule has 5 heterocycles. The first-order valence-corrected chi connectivity index (χ1v) is 38.8. The number of aliphatic hydroxyl groups is 2. The molecule has 0 aliphatic rings. The van der Waals surface area contributed by atoms with Gasteiger partial charge in [-0.1, -0.05) is 235 Å². The molecule has 0 aliphatic heterocycles. The molecule has 5 radical (unpaired) electrons. The molecule has 15 rings (SSSR count). The number of ketones is 2. The van der Waals surface area contributed by atoms with Gasteiger partial charge in [-0.15, -0.1) is 176 Å². The Labute approximate surface area is 779 Å². The van der Waals surface area contributed by atoms with Crippen molar-refractivity contribution in [3.63, 3.8) is 0 Å². The van der Waals surface area contributed by atoms with Gasteiger partial charge < -0.3 is 25.2 Å². The van der Waals surface area contributed by atoms with Crippen LogP contribution in [0.25, 0.3) is 111 Å². The van der Waals surface area contributed by atoms with Crippen LogP contribution in [0.4, 0.5) is 0 Å². The maximum atomic E-state index is 10.0. The fraction of sp³-hybridized carbons (Fsp3) is 0.179. The van der Waals surface area contributed by atoms with E-state index in [0.29, 0.717) is 11.8 Å². The molecule has 0 spiro atoms. The normalized spacial score (nSPS) is 10.4. The van der Waals surface area contributed by atoms with Crippen LogP contribution in [-0.2, 0) is 117 Å². The van der Waals surface area contributed by atoms with Crippen LogP contribution in [0.5, 0.6) is 0 Å². The predicted octanol–water partition coefficient (Wildman–Crippen LogP) is 26.9. The van der Waals surface area contributed by atoms with E-state index in [0.717, 1.165) is 79.3 Å². The molecule has 0 aliphatic carbocycles. The molecule has 15 aromatic rings. The molecule has 0 atom stereocenters.